The summed E-state index contributed by atoms with van der Waals surface area (Å²) in [7, 11) is 3.47. The van der Waals surface area contributed by atoms with Crippen molar-refractivity contribution < 1.29 is 9.47 Å². The van der Waals surface area contributed by atoms with Gasteiger partial charge in [-0.15, -0.1) is 5.10 Å². The molecule has 0 amide bonds. The Morgan fingerprint density at radius 3 is 2.92 bits per heavy atom. The molecular weight excluding hydrogens is 158 g/mol. The lowest BCUT2D eigenvalue weighted by atomic mass is 10.5. The standard InChI is InChI=1S/C7H13N3O2/c1-10-5-7(8-9-10)6-12-4-3-11-2/h5H,3-4,6H2,1-2H3. The van der Waals surface area contributed by atoms with E-state index < -0.39 is 0 Å². The van der Waals surface area contributed by atoms with Gasteiger partial charge in [-0.1, -0.05) is 5.21 Å². The minimum Gasteiger partial charge on any atom is -0.382 e. The second-order valence-electron chi connectivity index (χ2n) is 2.43. The van der Waals surface area contributed by atoms with E-state index >= 15 is 0 Å². The molecule has 68 valence electrons. The van der Waals surface area contributed by atoms with Crippen molar-refractivity contribution in [1.29, 1.82) is 0 Å². The Morgan fingerprint density at radius 1 is 1.50 bits per heavy atom. The van der Waals surface area contributed by atoms with Crippen LogP contribution in [0.1, 0.15) is 5.69 Å². The third kappa shape index (κ3) is 2.98. The van der Waals surface area contributed by atoms with E-state index in [9.17, 15) is 0 Å². The van der Waals surface area contributed by atoms with Crippen LogP contribution >= 0.6 is 0 Å². The quantitative estimate of drug-likeness (QED) is 0.584. The van der Waals surface area contributed by atoms with Gasteiger partial charge in [0.25, 0.3) is 0 Å². The van der Waals surface area contributed by atoms with Crippen molar-refractivity contribution in [3.05, 3.63) is 11.9 Å². The minimum atomic E-state index is 0.497. The Bertz CT molecular complexity index is 224. The molecule has 0 aromatic carbocycles. The molecule has 5 heteroatoms. The van der Waals surface area contributed by atoms with Gasteiger partial charge in [0.05, 0.1) is 26.0 Å². The van der Waals surface area contributed by atoms with Gasteiger partial charge in [-0.25, -0.2) is 0 Å². The highest BCUT2D eigenvalue weighted by molar-refractivity contribution is 4.88. The molecule has 0 aliphatic heterocycles. The fourth-order valence-electron chi connectivity index (χ4n) is 0.780. The molecule has 0 fully saturated rings. The Kier molecular flexibility index (Phi) is 3.69. The molecule has 0 radical (unpaired) electrons. The van der Waals surface area contributed by atoms with E-state index in [1.165, 1.54) is 0 Å². The largest absolute Gasteiger partial charge is 0.382 e. The number of methoxy groups -OCH3 is 1. The van der Waals surface area contributed by atoms with Crippen molar-refractivity contribution >= 4 is 0 Å². The van der Waals surface area contributed by atoms with Gasteiger partial charge in [-0.05, 0) is 0 Å². The topological polar surface area (TPSA) is 49.2 Å². The Hall–Kier alpha value is -0.940. The molecule has 1 heterocycles. The third-order valence-corrected chi connectivity index (χ3v) is 1.33. The van der Waals surface area contributed by atoms with Crippen molar-refractivity contribution in [1.82, 2.24) is 15.0 Å². The molecule has 0 aliphatic carbocycles. The number of aryl methyl sites for hydroxylation is 1. The highest BCUT2D eigenvalue weighted by Crippen LogP contribution is 1.93. The van der Waals surface area contributed by atoms with E-state index in [-0.39, 0.29) is 0 Å². The Labute approximate surface area is 71.3 Å². The number of ether oxygens (including phenoxy) is 2. The first-order valence-electron chi connectivity index (χ1n) is 3.75. The number of nitrogens with zero attached hydrogens (tertiary/aromatic N) is 3. The third-order valence-electron chi connectivity index (χ3n) is 1.33. The van der Waals surface area contributed by atoms with Gasteiger partial charge in [-0.3, -0.25) is 4.68 Å². The van der Waals surface area contributed by atoms with Crippen molar-refractivity contribution in [3.8, 4) is 0 Å². The zero-order valence-electron chi connectivity index (χ0n) is 7.36. The zero-order chi connectivity index (χ0) is 8.81. The predicted octanol–water partition coefficient (Wildman–Crippen LogP) is -0.0219. The second-order valence-corrected chi connectivity index (χ2v) is 2.43. The van der Waals surface area contributed by atoms with Crippen molar-refractivity contribution in [2.75, 3.05) is 20.3 Å². The van der Waals surface area contributed by atoms with Crippen LogP contribution in [0.15, 0.2) is 6.20 Å². The highest BCUT2D eigenvalue weighted by atomic mass is 16.5. The van der Waals surface area contributed by atoms with Crippen LogP contribution in [0.25, 0.3) is 0 Å². The van der Waals surface area contributed by atoms with Gasteiger partial charge in [0, 0.05) is 14.2 Å². The first kappa shape index (κ1) is 9.15. The van der Waals surface area contributed by atoms with Gasteiger partial charge in [0.15, 0.2) is 0 Å². The molecule has 0 atom stereocenters. The van der Waals surface area contributed by atoms with E-state index in [1.807, 2.05) is 13.2 Å². The molecule has 12 heavy (non-hydrogen) atoms. The molecular formula is C7H13N3O2. The number of hydrogen-bond acceptors (Lipinski definition) is 4. The van der Waals surface area contributed by atoms with E-state index in [0.29, 0.717) is 19.8 Å². The summed E-state index contributed by atoms with van der Waals surface area (Å²) in [5.41, 5.74) is 0.841. The average Bonchev–Trinajstić information content (AvgIpc) is 2.45. The predicted molar refractivity (Wildman–Crippen MR) is 42.5 cm³/mol. The van der Waals surface area contributed by atoms with Crippen LogP contribution in [0, 0.1) is 0 Å². The van der Waals surface area contributed by atoms with Gasteiger partial charge in [0.2, 0.25) is 0 Å². The summed E-state index contributed by atoms with van der Waals surface area (Å²) < 4.78 is 11.7. The Morgan fingerprint density at radius 2 is 2.33 bits per heavy atom. The van der Waals surface area contributed by atoms with Crippen LogP contribution in [0.5, 0.6) is 0 Å². The molecule has 0 N–H and O–H groups in total. The number of aromatic nitrogens is 3. The molecule has 0 saturated carbocycles. The molecule has 5 nitrogen and oxygen atoms in total. The van der Waals surface area contributed by atoms with E-state index in [2.05, 4.69) is 10.3 Å². The molecule has 1 aromatic rings. The lowest BCUT2D eigenvalue weighted by Crippen LogP contribution is -2.01. The van der Waals surface area contributed by atoms with E-state index in [4.69, 9.17) is 9.47 Å². The lowest BCUT2D eigenvalue weighted by Gasteiger charge is -1.98. The summed E-state index contributed by atoms with van der Waals surface area (Å²) in [4.78, 5) is 0. The SMILES string of the molecule is COCCOCc1cn(C)nn1. The first-order chi connectivity index (χ1) is 5.83. The lowest BCUT2D eigenvalue weighted by molar-refractivity contribution is 0.0602. The maximum Gasteiger partial charge on any atom is 0.108 e. The zero-order valence-corrected chi connectivity index (χ0v) is 7.36. The van der Waals surface area contributed by atoms with E-state index in [0.717, 1.165) is 5.69 Å². The minimum absolute atomic E-state index is 0.497. The molecule has 0 unspecified atom stereocenters. The fourth-order valence-corrected chi connectivity index (χ4v) is 0.780. The van der Waals surface area contributed by atoms with Gasteiger partial charge in [0.1, 0.15) is 5.69 Å². The summed E-state index contributed by atoms with van der Waals surface area (Å²) >= 11 is 0. The Balaban J connectivity index is 2.15. The van der Waals surface area contributed by atoms with Crippen LogP contribution in [-0.4, -0.2) is 35.3 Å². The monoisotopic (exact) mass is 171 g/mol. The van der Waals surface area contributed by atoms with Crippen LogP contribution in [0.2, 0.25) is 0 Å². The maximum absolute atomic E-state index is 5.23. The number of rotatable bonds is 5. The van der Waals surface area contributed by atoms with Crippen LogP contribution in [-0.2, 0) is 23.1 Å². The molecule has 1 rings (SSSR count). The number of hydrogen-bond donors (Lipinski definition) is 0. The maximum atomic E-state index is 5.23. The van der Waals surface area contributed by atoms with E-state index in [1.54, 1.807) is 11.8 Å². The summed E-state index contributed by atoms with van der Waals surface area (Å²) in [5.74, 6) is 0. The highest BCUT2D eigenvalue weighted by Gasteiger charge is 1.96. The molecule has 0 bridgehead atoms. The van der Waals surface area contributed by atoms with Crippen molar-refractivity contribution in [2.24, 2.45) is 7.05 Å². The average molecular weight is 171 g/mol. The van der Waals surface area contributed by atoms with Crippen LogP contribution < -0.4 is 0 Å². The molecule has 1 aromatic heterocycles. The first-order valence-corrected chi connectivity index (χ1v) is 3.75. The van der Waals surface area contributed by atoms with Crippen LogP contribution in [0.3, 0.4) is 0 Å². The van der Waals surface area contributed by atoms with Crippen LogP contribution in [0.4, 0.5) is 0 Å². The normalized spacial score (nSPS) is 10.5. The van der Waals surface area contributed by atoms with Gasteiger partial charge < -0.3 is 9.47 Å². The molecule has 0 aliphatic rings. The van der Waals surface area contributed by atoms with Gasteiger partial charge in [-0.2, -0.15) is 0 Å². The summed E-state index contributed by atoms with van der Waals surface area (Å²) in [5, 5.41) is 7.63. The molecule has 0 spiro atoms. The second kappa shape index (κ2) is 4.84. The smallest absolute Gasteiger partial charge is 0.108 e. The summed E-state index contributed by atoms with van der Waals surface area (Å²) in [6.45, 7) is 1.70. The van der Waals surface area contributed by atoms with Crippen molar-refractivity contribution in [3.63, 3.8) is 0 Å². The van der Waals surface area contributed by atoms with Gasteiger partial charge >= 0.3 is 0 Å². The molecule has 0 saturated heterocycles. The van der Waals surface area contributed by atoms with Crippen molar-refractivity contribution in [2.45, 2.75) is 6.61 Å². The summed E-state index contributed by atoms with van der Waals surface area (Å²) in [6.07, 6.45) is 1.83. The summed E-state index contributed by atoms with van der Waals surface area (Å²) in [6, 6.07) is 0. The fraction of sp³-hybridized carbons (Fsp3) is 0.714.